The Labute approximate surface area is 93.4 Å². The number of likely N-dealkylation sites (N-methyl/N-ethyl adjacent to an activating group) is 1. The first-order valence-corrected chi connectivity index (χ1v) is 6.03. The molecule has 2 heterocycles. The average molecular weight is 212 g/mol. The lowest BCUT2D eigenvalue weighted by atomic mass is 9.74. The minimum Gasteiger partial charge on any atom is -0.335 e. The second-order valence-corrected chi connectivity index (χ2v) is 4.75. The van der Waals surface area contributed by atoms with Crippen molar-refractivity contribution in [1.29, 1.82) is 0 Å². The van der Waals surface area contributed by atoms with Gasteiger partial charge in [-0.25, -0.2) is 0 Å². The van der Waals surface area contributed by atoms with Gasteiger partial charge in [-0.15, -0.1) is 0 Å². The Morgan fingerprint density at radius 1 is 1.40 bits per heavy atom. The monoisotopic (exact) mass is 212 g/mol. The number of rotatable bonds is 0. The number of hydrogen-bond acceptors (Lipinski definition) is 2. The van der Waals surface area contributed by atoms with E-state index in [4.69, 9.17) is 0 Å². The minimum absolute atomic E-state index is 0.155. The largest absolute Gasteiger partial charge is 0.335 e. The molecule has 2 unspecified atom stereocenters. The summed E-state index contributed by atoms with van der Waals surface area (Å²) in [4.78, 5) is 15.9. The molecular weight excluding hydrogens is 188 g/mol. The zero-order valence-corrected chi connectivity index (χ0v) is 10.7. The van der Waals surface area contributed by atoms with Gasteiger partial charge in [-0.05, 0) is 26.3 Å². The molecule has 0 radical (unpaired) electrons. The summed E-state index contributed by atoms with van der Waals surface area (Å²) < 4.78 is 0. The molecule has 0 bridgehead atoms. The highest BCUT2D eigenvalue weighted by Crippen LogP contribution is 2.40. The van der Waals surface area contributed by atoms with Crippen LogP contribution >= 0.6 is 0 Å². The third-order valence-corrected chi connectivity index (χ3v) is 3.84. The molecule has 2 saturated heterocycles. The SMILES string of the molecule is CC.CC1CN2C(=O)CN(C)CCC12C. The highest BCUT2D eigenvalue weighted by molar-refractivity contribution is 5.80. The lowest BCUT2D eigenvalue weighted by Gasteiger charge is -2.55. The Bertz CT molecular complexity index is 242. The summed E-state index contributed by atoms with van der Waals surface area (Å²) in [5.41, 5.74) is 0.155. The van der Waals surface area contributed by atoms with Gasteiger partial charge in [0.05, 0.1) is 6.54 Å². The van der Waals surface area contributed by atoms with Gasteiger partial charge in [0.2, 0.25) is 5.91 Å². The van der Waals surface area contributed by atoms with Gasteiger partial charge in [0.1, 0.15) is 0 Å². The molecule has 0 spiro atoms. The maximum Gasteiger partial charge on any atom is 0.237 e. The normalized spacial score (nSPS) is 35.9. The maximum atomic E-state index is 11.7. The molecule has 0 N–H and O–H groups in total. The number of nitrogens with zero attached hydrogens (tertiary/aromatic N) is 2. The van der Waals surface area contributed by atoms with Crippen LogP contribution in [-0.4, -0.2) is 47.9 Å². The molecule has 3 heteroatoms. The molecular formula is C12H24N2O. The number of amides is 1. The summed E-state index contributed by atoms with van der Waals surface area (Å²) >= 11 is 0. The summed E-state index contributed by atoms with van der Waals surface area (Å²) in [6.07, 6.45) is 1.12. The van der Waals surface area contributed by atoms with Gasteiger partial charge in [-0.1, -0.05) is 20.8 Å². The maximum absolute atomic E-state index is 11.7. The second-order valence-electron chi connectivity index (χ2n) is 4.75. The number of fused-ring (bicyclic) bond motifs is 1. The molecule has 2 atom stereocenters. The van der Waals surface area contributed by atoms with Crippen molar-refractivity contribution in [1.82, 2.24) is 9.80 Å². The Morgan fingerprint density at radius 3 is 2.53 bits per heavy atom. The molecule has 15 heavy (non-hydrogen) atoms. The van der Waals surface area contributed by atoms with Gasteiger partial charge in [-0.2, -0.15) is 0 Å². The van der Waals surface area contributed by atoms with Crippen LogP contribution in [0, 0.1) is 5.92 Å². The van der Waals surface area contributed by atoms with Crippen molar-refractivity contribution in [2.45, 2.75) is 39.7 Å². The summed E-state index contributed by atoms with van der Waals surface area (Å²) in [6.45, 7) is 11.1. The Kier molecular flexibility index (Phi) is 3.77. The number of carbonyl (C=O) groups is 1. The van der Waals surface area contributed by atoms with Crippen molar-refractivity contribution in [3.63, 3.8) is 0 Å². The van der Waals surface area contributed by atoms with E-state index in [1.54, 1.807) is 0 Å². The summed E-state index contributed by atoms with van der Waals surface area (Å²) in [7, 11) is 2.03. The smallest absolute Gasteiger partial charge is 0.237 e. The van der Waals surface area contributed by atoms with E-state index in [1.165, 1.54) is 0 Å². The van der Waals surface area contributed by atoms with Crippen molar-refractivity contribution in [3.8, 4) is 0 Å². The highest BCUT2D eigenvalue weighted by Gasteiger charge is 2.50. The molecule has 1 amide bonds. The molecule has 3 nitrogen and oxygen atoms in total. The third kappa shape index (κ3) is 2.03. The van der Waals surface area contributed by atoms with Crippen molar-refractivity contribution in [2.75, 3.05) is 26.7 Å². The lowest BCUT2D eigenvalue weighted by Crippen LogP contribution is -2.66. The highest BCUT2D eigenvalue weighted by atomic mass is 16.2. The van der Waals surface area contributed by atoms with Gasteiger partial charge in [0.25, 0.3) is 0 Å². The number of carbonyl (C=O) groups excluding carboxylic acids is 1. The van der Waals surface area contributed by atoms with Crippen LogP contribution in [-0.2, 0) is 4.79 Å². The molecule has 0 aromatic rings. The van der Waals surface area contributed by atoms with Gasteiger partial charge in [-0.3, -0.25) is 9.69 Å². The second kappa shape index (κ2) is 4.52. The Balaban J connectivity index is 0.000000531. The fourth-order valence-corrected chi connectivity index (χ4v) is 2.41. The lowest BCUT2D eigenvalue weighted by molar-refractivity contribution is -0.151. The van der Waals surface area contributed by atoms with Crippen LogP contribution < -0.4 is 0 Å². The Morgan fingerprint density at radius 2 is 2.00 bits per heavy atom. The van der Waals surface area contributed by atoms with Gasteiger partial charge >= 0.3 is 0 Å². The average Bonchev–Trinajstić information content (AvgIpc) is 2.31. The minimum atomic E-state index is 0.155. The molecule has 2 aliphatic rings. The topological polar surface area (TPSA) is 23.6 Å². The van der Waals surface area contributed by atoms with Crippen LogP contribution in [0.5, 0.6) is 0 Å². The molecule has 0 aromatic carbocycles. The van der Waals surface area contributed by atoms with E-state index in [0.717, 1.165) is 19.5 Å². The predicted octanol–water partition coefficient (Wildman–Crippen LogP) is 1.59. The summed E-state index contributed by atoms with van der Waals surface area (Å²) in [6, 6.07) is 0. The van der Waals surface area contributed by atoms with Crippen LogP contribution in [0.1, 0.15) is 34.1 Å². The predicted molar refractivity (Wildman–Crippen MR) is 62.7 cm³/mol. The number of hydrogen-bond donors (Lipinski definition) is 0. The van der Waals surface area contributed by atoms with E-state index in [2.05, 4.69) is 23.6 Å². The van der Waals surface area contributed by atoms with E-state index >= 15 is 0 Å². The molecule has 0 saturated carbocycles. The molecule has 0 aromatic heterocycles. The van der Waals surface area contributed by atoms with Gasteiger partial charge < -0.3 is 4.90 Å². The fourth-order valence-electron chi connectivity index (χ4n) is 2.41. The van der Waals surface area contributed by atoms with Crippen LogP contribution in [0.2, 0.25) is 0 Å². The molecule has 0 aliphatic carbocycles. The van der Waals surface area contributed by atoms with E-state index in [-0.39, 0.29) is 5.54 Å². The van der Waals surface area contributed by atoms with Crippen molar-refractivity contribution in [3.05, 3.63) is 0 Å². The van der Waals surface area contributed by atoms with E-state index in [0.29, 0.717) is 18.4 Å². The van der Waals surface area contributed by atoms with Gasteiger partial charge in [0.15, 0.2) is 0 Å². The summed E-state index contributed by atoms with van der Waals surface area (Å²) in [5.74, 6) is 0.976. The molecule has 88 valence electrons. The Hall–Kier alpha value is -0.570. The van der Waals surface area contributed by atoms with Crippen molar-refractivity contribution < 1.29 is 4.79 Å². The fraction of sp³-hybridized carbons (Fsp3) is 0.917. The van der Waals surface area contributed by atoms with Crippen molar-refractivity contribution >= 4 is 5.91 Å². The molecule has 2 aliphatic heterocycles. The zero-order valence-electron chi connectivity index (χ0n) is 10.7. The van der Waals surface area contributed by atoms with Crippen LogP contribution in [0.3, 0.4) is 0 Å². The first kappa shape index (κ1) is 12.5. The quantitative estimate of drug-likeness (QED) is 0.609. The first-order chi connectivity index (χ1) is 7.04. The molecule has 2 fully saturated rings. The zero-order chi connectivity index (χ0) is 11.6. The van der Waals surface area contributed by atoms with Crippen LogP contribution in [0.25, 0.3) is 0 Å². The van der Waals surface area contributed by atoms with Crippen molar-refractivity contribution in [2.24, 2.45) is 5.92 Å². The van der Waals surface area contributed by atoms with Crippen LogP contribution in [0.15, 0.2) is 0 Å². The van der Waals surface area contributed by atoms with E-state index in [1.807, 2.05) is 20.9 Å². The third-order valence-electron chi connectivity index (χ3n) is 3.84. The first-order valence-electron chi connectivity index (χ1n) is 6.03. The van der Waals surface area contributed by atoms with Crippen LogP contribution in [0.4, 0.5) is 0 Å². The van der Waals surface area contributed by atoms with E-state index < -0.39 is 0 Å². The standard InChI is InChI=1S/C10H18N2O.C2H6/c1-8-6-12-9(13)7-11(3)5-4-10(8,12)2;1-2/h8H,4-7H2,1-3H3;1-2H3. The van der Waals surface area contributed by atoms with E-state index in [9.17, 15) is 4.79 Å². The van der Waals surface area contributed by atoms with Gasteiger partial charge in [0, 0.05) is 18.6 Å². The molecule has 2 rings (SSSR count). The summed E-state index contributed by atoms with van der Waals surface area (Å²) in [5, 5.41) is 0.